The Morgan fingerprint density at radius 3 is 2.24 bits per heavy atom. The van der Waals surface area contributed by atoms with Gasteiger partial charge in [-0.15, -0.1) is 0 Å². The van der Waals surface area contributed by atoms with E-state index >= 15 is 0 Å². The van der Waals surface area contributed by atoms with Crippen molar-refractivity contribution in [3.8, 4) is 0 Å². The molecule has 0 unspecified atom stereocenters. The first-order chi connectivity index (χ1) is 14.1. The number of likely N-dealkylation sites (N-methyl/N-ethyl adjacent to an activating group) is 1. The van der Waals surface area contributed by atoms with Gasteiger partial charge in [0.05, 0.1) is 29.1 Å². The second-order valence-corrected chi connectivity index (χ2v) is 8.09. The predicted molar refractivity (Wildman–Crippen MR) is 118 cm³/mol. The zero-order valence-corrected chi connectivity index (χ0v) is 17.3. The molecule has 0 radical (unpaired) electrons. The molecule has 0 aliphatic carbocycles. The second-order valence-electron chi connectivity index (χ2n) is 7.17. The van der Waals surface area contributed by atoms with E-state index in [9.17, 15) is 9.59 Å². The van der Waals surface area contributed by atoms with Crippen LogP contribution in [0.5, 0.6) is 0 Å². The fourth-order valence-corrected chi connectivity index (χ4v) is 4.44. The van der Waals surface area contributed by atoms with Gasteiger partial charge in [0.1, 0.15) is 0 Å². The summed E-state index contributed by atoms with van der Waals surface area (Å²) < 4.78 is 0.871. The molecule has 2 heterocycles. The molecule has 0 spiro atoms. The Hall–Kier alpha value is -3.18. The molecule has 5 heteroatoms. The summed E-state index contributed by atoms with van der Waals surface area (Å²) in [7, 11) is 1.75. The molecule has 0 saturated carbocycles. The topological polar surface area (TPSA) is 40.6 Å². The van der Waals surface area contributed by atoms with Crippen LogP contribution >= 0.6 is 15.9 Å². The van der Waals surface area contributed by atoms with Crippen LogP contribution in [-0.4, -0.2) is 18.9 Å². The van der Waals surface area contributed by atoms with E-state index in [0.29, 0.717) is 17.7 Å². The number of fused-ring (bicyclic) bond motifs is 2. The van der Waals surface area contributed by atoms with E-state index in [1.807, 2.05) is 72.8 Å². The van der Waals surface area contributed by atoms with Crippen molar-refractivity contribution in [2.24, 2.45) is 0 Å². The maximum atomic E-state index is 13.6. The molecular formula is C24H17BrN2O2. The Kier molecular flexibility index (Phi) is 4.14. The van der Waals surface area contributed by atoms with E-state index in [2.05, 4.69) is 15.9 Å². The highest BCUT2D eigenvalue weighted by molar-refractivity contribution is 9.10. The Morgan fingerprint density at radius 2 is 1.45 bits per heavy atom. The third-order valence-corrected chi connectivity index (χ3v) is 5.96. The van der Waals surface area contributed by atoms with Crippen LogP contribution in [0.4, 0.5) is 11.4 Å². The SMILES string of the molecule is CN1C(=O)/C(=C2/C(=O)N(Cc3ccccc3)c3ccc(Br)cc32)c2ccccc21. The van der Waals surface area contributed by atoms with Gasteiger partial charge in [-0.05, 0) is 29.8 Å². The number of para-hydroxylation sites is 1. The molecule has 3 aromatic carbocycles. The highest BCUT2D eigenvalue weighted by Gasteiger charge is 2.41. The third kappa shape index (κ3) is 2.73. The van der Waals surface area contributed by atoms with Gasteiger partial charge < -0.3 is 9.80 Å². The Morgan fingerprint density at radius 1 is 0.759 bits per heavy atom. The summed E-state index contributed by atoms with van der Waals surface area (Å²) in [4.78, 5) is 30.1. The molecule has 0 fully saturated rings. The number of anilines is 2. The largest absolute Gasteiger partial charge is 0.311 e. The lowest BCUT2D eigenvalue weighted by atomic mass is 9.96. The second kappa shape index (κ2) is 6.71. The summed E-state index contributed by atoms with van der Waals surface area (Å²) in [6.45, 7) is 0.455. The van der Waals surface area contributed by atoms with Crippen molar-refractivity contribution < 1.29 is 9.59 Å². The first-order valence-electron chi connectivity index (χ1n) is 9.33. The summed E-state index contributed by atoms with van der Waals surface area (Å²) >= 11 is 3.52. The van der Waals surface area contributed by atoms with E-state index < -0.39 is 0 Å². The van der Waals surface area contributed by atoms with Gasteiger partial charge >= 0.3 is 0 Å². The van der Waals surface area contributed by atoms with Crippen molar-refractivity contribution in [1.29, 1.82) is 0 Å². The highest BCUT2D eigenvalue weighted by Crippen LogP contribution is 2.47. The monoisotopic (exact) mass is 444 g/mol. The minimum Gasteiger partial charge on any atom is -0.311 e. The number of benzene rings is 3. The number of amides is 2. The van der Waals surface area contributed by atoms with Crippen LogP contribution in [0.3, 0.4) is 0 Å². The average Bonchev–Trinajstić information content (AvgIpc) is 3.14. The van der Waals surface area contributed by atoms with Crippen molar-refractivity contribution >= 4 is 50.3 Å². The van der Waals surface area contributed by atoms with E-state index in [1.54, 1.807) is 16.8 Å². The summed E-state index contributed by atoms with van der Waals surface area (Å²) in [6, 6.07) is 23.3. The molecule has 142 valence electrons. The molecule has 29 heavy (non-hydrogen) atoms. The minimum absolute atomic E-state index is 0.143. The Labute approximate surface area is 177 Å². The van der Waals surface area contributed by atoms with Gasteiger partial charge in [-0.2, -0.15) is 0 Å². The number of hydrogen-bond acceptors (Lipinski definition) is 2. The number of rotatable bonds is 2. The molecule has 4 nitrogen and oxygen atoms in total. The standard InChI is InChI=1S/C24H17BrN2O2/c1-26-19-10-6-5-9-17(19)21(23(26)28)22-18-13-16(25)11-12-20(18)27(24(22)29)14-15-7-3-2-4-8-15/h2-13H,14H2,1H3/b22-21+. The zero-order chi connectivity index (χ0) is 20.1. The van der Waals surface area contributed by atoms with Crippen molar-refractivity contribution in [2.45, 2.75) is 6.54 Å². The van der Waals surface area contributed by atoms with Gasteiger partial charge in [0.15, 0.2) is 0 Å². The van der Waals surface area contributed by atoms with Gasteiger partial charge in [-0.1, -0.05) is 64.5 Å². The highest BCUT2D eigenvalue weighted by atomic mass is 79.9. The summed E-state index contributed by atoms with van der Waals surface area (Å²) in [5.41, 5.74) is 5.22. The summed E-state index contributed by atoms with van der Waals surface area (Å²) in [6.07, 6.45) is 0. The smallest absolute Gasteiger partial charge is 0.260 e. The molecule has 0 aromatic heterocycles. The van der Waals surface area contributed by atoms with E-state index in [4.69, 9.17) is 0 Å². The fourth-order valence-electron chi connectivity index (χ4n) is 4.08. The molecule has 0 atom stereocenters. The number of nitrogens with zero attached hydrogens (tertiary/aromatic N) is 2. The number of carbonyl (C=O) groups is 2. The van der Waals surface area contributed by atoms with Crippen LogP contribution in [0.1, 0.15) is 16.7 Å². The maximum Gasteiger partial charge on any atom is 0.260 e. The van der Waals surface area contributed by atoms with Gasteiger partial charge in [0, 0.05) is 22.6 Å². The van der Waals surface area contributed by atoms with Crippen LogP contribution in [0.2, 0.25) is 0 Å². The molecule has 0 saturated heterocycles. The van der Waals surface area contributed by atoms with Crippen molar-refractivity contribution in [3.05, 3.63) is 94.0 Å². The van der Waals surface area contributed by atoms with Crippen molar-refractivity contribution in [1.82, 2.24) is 0 Å². The van der Waals surface area contributed by atoms with E-state index in [1.165, 1.54) is 0 Å². The first-order valence-corrected chi connectivity index (χ1v) is 10.1. The lowest BCUT2D eigenvalue weighted by Gasteiger charge is -2.17. The molecule has 0 bridgehead atoms. The zero-order valence-electron chi connectivity index (χ0n) is 15.7. The number of hydrogen-bond donors (Lipinski definition) is 0. The van der Waals surface area contributed by atoms with E-state index in [-0.39, 0.29) is 11.8 Å². The van der Waals surface area contributed by atoms with E-state index in [0.717, 1.165) is 32.5 Å². The van der Waals surface area contributed by atoms with Gasteiger partial charge in [0.2, 0.25) is 0 Å². The third-order valence-electron chi connectivity index (χ3n) is 5.46. The molecule has 0 N–H and O–H groups in total. The van der Waals surface area contributed by atoms with Crippen molar-refractivity contribution in [3.63, 3.8) is 0 Å². The molecule has 2 aliphatic rings. The molecule has 2 aliphatic heterocycles. The normalized spacial score (nSPS) is 17.7. The Balaban J connectivity index is 1.73. The molecule has 3 aromatic rings. The van der Waals surface area contributed by atoms with Gasteiger partial charge in [0.25, 0.3) is 11.8 Å². The lowest BCUT2D eigenvalue weighted by molar-refractivity contribution is -0.114. The van der Waals surface area contributed by atoms with Gasteiger partial charge in [-0.25, -0.2) is 0 Å². The minimum atomic E-state index is -0.151. The van der Waals surface area contributed by atoms with Crippen LogP contribution in [0, 0.1) is 0 Å². The van der Waals surface area contributed by atoms with Gasteiger partial charge in [-0.3, -0.25) is 9.59 Å². The molecule has 5 rings (SSSR count). The first kappa shape index (κ1) is 17.9. The lowest BCUT2D eigenvalue weighted by Crippen LogP contribution is -2.27. The average molecular weight is 445 g/mol. The van der Waals surface area contributed by atoms with Crippen LogP contribution in [0.15, 0.2) is 77.3 Å². The van der Waals surface area contributed by atoms with Crippen LogP contribution in [0.25, 0.3) is 11.1 Å². The van der Waals surface area contributed by atoms with Crippen LogP contribution < -0.4 is 9.80 Å². The molecular weight excluding hydrogens is 428 g/mol. The number of carbonyl (C=O) groups excluding carboxylic acids is 2. The number of halogens is 1. The summed E-state index contributed by atoms with van der Waals surface area (Å²) in [5.74, 6) is -0.294. The predicted octanol–water partition coefficient (Wildman–Crippen LogP) is 4.88. The maximum absolute atomic E-state index is 13.6. The Bertz CT molecular complexity index is 1200. The fraction of sp³-hybridized carbons (Fsp3) is 0.0833. The van der Waals surface area contributed by atoms with Crippen molar-refractivity contribution in [2.75, 3.05) is 16.8 Å². The summed E-state index contributed by atoms with van der Waals surface area (Å²) in [5, 5.41) is 0. The molecule has 2 amide bonds. The van der Waals surface area contributed by atoms with Crippen LogP contribution in [-0.2, 0) is 16.1 Å². The quantitative estimate of drug-likeness (QED) is 0.528.